The van der Waals surface area contributed by atoms with Crippen LogP contribution >= 0.6 is 0 Å². The van der Waals surface area contributed by atoms with Crippen molar-refractivity contribution >= 4 is 22.0 Å². The minimum atomic E-state index is -0.948. The van der Waals surface area contributed by atoms with Crippen molar-refractivity contribution in [2.45, 2.75) is 13.8 Å². The Morgan fingerprint density at radius 2 is 1.88 bits per heavy atom. The molecule has 0 atom stereocenters. The van der Waals surface area contributed by atoms with Gasteiger partial charge >= 0.3 is 103 Å². The van der Waals surface area contributed by atoms with Gasteiger partial charge in [0.15, 0.2) is 0 Å². The van der Waals surface area contributed by atoms with Gasteiger partial charge in [0.05, 0.1) is 0 Å². The molecule has 1 rings (SSSR count). The quantitative estimate of drug-likeness (QED) is 0.482. The van der Waals surface area contributed by atoms with Gasteiger partial charge in [-0.05, 0) is 0 Å². The summed E-state index contributed by atoms with van der Waals surface area (Å²) in [4.78, 5) is 10.7. The van der Waals surface area contributed by atoms with E-state index in [9.17, 15) is 4.79 Å². The number of hydrogen-bond acceptors (Lipinski definition) is 1. The summed E-state index contributed by atoms with van der Waals surface area (Å²) in [6, 6.07) is 7.79. The fourth-order valence-corrected chi connectivity index (χ4v) is 1.14. The number of carboxylic acids is 1. The van der Waals surface area contributed by atoms with E-state index < -0.39 is 5.97 Å². The maximum atomic E-state index is 10.7. The van der Waals surface area contributed by atoms with Crippen LogP contribution in [0.4, 0.5) is 0 Å². The molecule has 0 fully saturated rings. The number of carbonyl (C=O) groups is 1. The third kappa shape index (κ3) is 3.58. The van der Waals surface area contributed by atoms with Crippen molar-refractivity contribution in [3.05, 3.63) is 45.4 Å². The molecular weight excluding hydrogens is 267 g/mol. The summed E-state index contributed by atoms with van der Waals surface area (Å²) in [5, 5.41) is 8.74. The zero-order valence-corrected chi connectivity index (χ0v) is 11.0. The monoisotopic (exact) mass is 280 g/mol. The molecule has 0 spiro atoms. The van der Waals surface area contributed by atoms with Crippen LogP contribution in [0.2, 0.25) is 0 Å². The van der Waals surface area contributed by atoms with E-state index in [1.807, 2.05) is 47.2 Å². The molecule has 0 aromatic heterocycles. The fraction of sp³-hybridized carbons (Fsp3) is 0.154. The molecule has 3 heteroatoms. The number of hydrogen-bond donors (Lipinski definition) is 1. The van der Waals surface area contributed by atoms with E-state index in [4.69, 9.17) is 5.11 Å². The molecular formula is C13H12O2Se. The molecule has 1 N–H and O–H groups in total. The molecule has 2 nitrogen and oxygen atoms in total. The third-order valence-corrected chi connectivity index (χ3v) is 3.11. The average Bonchev–Trinajstić information content (AvgIpc) is 2.26. The summed E-state index contributed by atoms with van der Waals surface area (Å²) in [6.45, 7) is 3.71. The SMILES string of the molecule is CC(C#Cc1ccc(C)cc1)=C([SeH])C(=O)O. The van der Waals surface area contributed by atoms with Gasteiger partial charge in [0.25, 0.3) is 0 Å². The molecule has 82 valence electrons. The molecule has 0 unspecified atom stereocenters. The molecule has 0 saturated heterocycles. The molecule has 1 aromatic carbocycles. The standard InChI is InChI=1S/C13H12O2Se/c1-9-3-6-11(7-4-9)8-5-10(2)12(16)13(14)15/h3-4,6-7,16H,1-2H3,(H,14,15). The van der Waals surface area contributed by atoms with Gasteiger partial charge in [0, 0.05) is 0 Å². The maximum absolute atomic E-state index is 10.7. The summed E-state index contributed by atoms with van der Waals surface area (Å²) >= 11 is 2.03. The Morgan fingerprint density at radius 1 is 1.31 bits per heavy atom. The molecule has 0 bridgehead atoms. The Hall–Kier alpha value is -1.49. The Morgan fingerprint density at radius 3 is 2.38 bits per heavy atom. The van der Waals surface area contributed by atoms with Gasteiger partial charge in [-0.3, -0.25) is 0 Å². The first-order chi connectivity index (χ1) is 7.50. The van der Waals surface area contributed by atoms with E-state index in [2.05, 4.69) is 11.8 Å². The normalized spacial score (nSPS) is 11.2. The van der Waals surface area contributed by atoms with Crippen molar-refractivity contribution in [3.8, 4) is 11.8 Å². The predicted octanol–water partition coefficient (Wildman–Crippen LogP) is 1.61. The zero-order chi connectivity index (χ0) is 12.1. The molecule has 0 aliphatic carbocycles. The Bertz CT molecular complexity index is 487. The summed E-state index contributed by atoms with van der Waals surface area (Å²) in [5.74, 6) is 4.81. The summed E-state index contributed by atoms with van der Waals surface area (Å²) in [7, 11) is 0. The first kappa shape index (κ1) is 12.6. The Labute approximate surface area is 103 Å². The van der Waals surface area contributed by atoms with Crippen LogP contribution in [0.5, 0.6) is 0 Å². The van der Waals surface area contributed by atoms with Crippen molar-refractivity contribution in [1.29, 1.82) is 0 Å². The molecule has 1 aromatic rings. The molecule has 0 aliphatic rings. The molecule has 0 aliphatic heterocycles. The number of allylic oxidation sites excluding steroid dienone is 1. The van der Waals surface area contributed by atoms with Gasteiger partial charge < -0.3 is 0 Å². The van der Waals surface area contributed by atoms with Crippen LogP contribution in [-0.4, -0.2) is 27.1 Å². The summed E-state index contributed by atoms with van der Waals surface area (Å²) in [6.07, 6.45) is 0. The van der Waals surface area contributed by atoms with E-state index in [-0.39, 0.29) is 4.47 Å². The number of carboxylic acid groups (broad SMARTS) is 1. The van der Waals surface area contributed by atoms with E-state index in [0.29, 0.717) is 5.57 Å². The molecule has 16 heavy (non-hydrogen) atoms. The van der Waals surface area contributed by atoms with Gasteiger partial charge in [-0.15, -0.1) is 0 Å². The summed E-state index contributed by atoms with van der Waals surface area (Å²) in [5.41, 5.74) is 2.62. The van der Waals surface area contributed by atoms with Crippen LogP contribution in [0.25, 0.3) is 0 Å². The van der Waals surface area contributed by atoms with Gasteiger partial charge in [-0.1, -0.05) is 0 Å². The van der Waals surface area contributed by atoms with Crippen molar-refractivity contribution in [3.63, 3.8) is 0 Å². The topological polar surface area (TPSA) is 37.3 Å². The van der Waals surface area contributed by atoms with Crippen molar-refractivity contribution in [2.24, 2.45) is 0 Å². The van der Waals surface area contributed by atoms with Crippen LogP contribution in [0.1, 0.15) is 18.1 Å². The van der Waals surface area contributed by atoms with Gasteiger partial charge in [0.2, 0.25) is 0 Å². The zero-order valence-electron chi connectivity index (χ0n) is 9.11. The number of aliphatic carboxylic acids is 1. The van der Waals surface area contributed by atoms with Crippen molar-refractivity contribution < 1.29 is 9.90 Å². The van der Waals surface area contributed by atoms with Crippen LogP contribution in [0.15, 0.2) is 34.3 Å². The van der Waals surface area contributed by atoms with E-state index in [1.54, 1.807) is 6.92 Å². The molecule has 0 heterocycles. The van der Waals surface area contributed by atoms with Gasteiger partial charge in [0.1, 0.15) is 0 Å². The van der Waals surface area contributed by atoms with E-state index in [1.165, 1.54) is 5.56 Å². The first-order valence-corrected chi connectivity index (χ1v) is 5.66. The fourth-order valence-electron chi connectivity index (χ4n) is 1.02. The van der Waals surface area contributed by atoms with E-state index >= 15 is 0 Å². The summed E-state index contributed by atoms with van der Waals surface area (Å²) < 4.78 is 0.229. The number of benzene rings is 1. The Kier molecular flexibility index (Phi) is 4.37. The average molecular weight is 279 g/mol. The van der Waals surface area contributed by atoms with E-state index in [0.717, 1.165) is 5.56 Å². The molecule has 0 saturated carbocycles. The van der Waals surface area contributed by atoms with Crippen LogP contribution < -0.4 is 0 Å². The molecule has 0 radical (unpaired) electrons. The third-order valence-electron chi connectivity index (χ3n) is 2.00. The van der Waals surface area contributed by atoms with Crippen molar-refractivity contribution in [2.75, 3.05) is 0 Å². The van der Waals surface area contributed by atoms with Crippen LogP contribution in [0.3, 0.4) is 0 Å². The van der Waals surface area contributed by atoms with Gasteiger partial charge in [-0.2, -0.15) is 0 Å². The van der Waals surface area contributed by atoms with Crippen LogP contribution in [0, 0.1) is 18.8 Å². The Balaban J connectivity index is 2.94. The first-order valence-electron chi connectivity index (χ1n) is 4.72. The number of rotatable bonds is 1. The van der Waals surface area contributed by atoms with Crippen molar-refractivity contribution in [1.82, 2.24) is 0 Å². The number of aryl methyl sites for hydroxylation is 1. The second kappa shape index (κ2) is 5.55. The van der Waals surface area contributed by atoms with Gasteiger partial charge in [-0.25, -0.2) is 0 Å². The van der Waals surface area contributed by atoms with Crippen LogP contribution in [-0.2, 0) is 4.79 Å². The molecule has 0 amide bonds. The predicted molar refractivity (Wildman–Crippen MR) is 65.5 cm³/mol. The second-order valence-electron chi connectivity index (χ2n) is 3.39. The second-order valence-corrected chi connectivity index (χ2v) is 4.33. The minimum absolute atomic E-state index is 0.229.